The van der Waals surface area contributed by atoms with E-state index in [9.17, 15) is 4.79 Å². The molecule has 4 nitrogen and oxygen atoms in total. The first kappa shape index (κ1) is 14.7. The molecule has 0 radical (unpaired) electrons. The molecule has 0 bridgehead atoms. The van der Waals surface area contributed by atoms with Crippen LogP contribution in [0.25, 0.3) is 0 Å². The van der Waals surface area contributed by atoms with Crippen LogP contribution >= 0.6 is 0 Å². The molecule has 0 aromatic heterocycles. The van der Waals surface area contributed by atoms with E-state index in [4.69, 9.17) is 15.6 Å². The average Bonchev–Trinajstić information content (AvgIpc) is 2.36. The Morgan fingerprint density at radius 2 is 1.94 bits per heavy atom. The number of rotatable bonds is 5. The minimum Gasteiger partial charge on any atom is -0.462 e. The van der Waals surface area contributed by atoms with Gasteiger partial charge in [0.25, 0.3) is 0 Å². The van der Waals surface area contributed by atoms with Crippen molar-refractivity contribution in [1.82, 2.24) is 0 Å². The zero-order valence-corrected chi connectivity index (χ0v) is 11.1. The van der Waals surface area contributed by atoms with Crippen LogP contribution in [0.4, 0.5) is 0 Å². The van der Waals surface area contributed by atoms with E-state index < -0.39 is 23.5 Å². The lowest BCUT2D eigenvalue weighted by atomic mass is 9.78. The summed E-state index contributed by atoms with van der Waals surface area (Å²) in [6.45, 7) is 5.33. The van der Waals surface area contributed by atoms with Crippen LogP contribution in [-0.4, -0.2) is 29.8 Å². The normalized spacial score (nSPS) is 14.9. The lowest BCUT2D eigenvalue weighted by Gasteiger charge is -2.30. The van der Waals surface area contributed by atoms with Crippen molar-refractivity contribution in [3.63, 3.8) is 0 Å². The number of benzene rings is 1. The van der Waals surface area contributed by atoms with E-state index in [1.807, 2.05) is 44.2 Å². The molecule has 0 saturated carbocycles. The van der Waals surface area contributed by atoms with Crippen LogP contribution in [0.3, 0.4) is 0 Å². The van der Waals surface area contributed by atoms with Crippen molar-refractivity contribution < 1.29 is 14.6 Å². The highest BCUT2D eigenvalue weighted by Gasteiger charge is 2.34. The van der Waals surface area contributed by atoms with E-state index in [1.54, 1.807) is 6.92 Å². The van der Waals surface area contributed by atoms with E-state index in [-0.39, 0.29) is 6.61 Å². The van der Waals surface area contributed by atoms with Crippen LogP contribution in [0.1, 0.15) is 26.3 Å². The van der Waals surface area contributed by atoms with E-state index in [0.717, 1.165) is 5.56 Å². The second-order valence-corrected chi connectivity index (χ2v) is 5.04. The molecule has 0 fully saturated rings. The highest BCUT2D eigenvalue weighted by atomic mass is 16.5. The molecule has 18 heavy (non-hydrogen) atoms. The molecule has 0 spiro atoms. The summed E-state index contributed by atoms with van der Waals surface area (Å²) in [5.74, 6) is -0.496. The largest absolute Gasteiger partial charge is 0.462 e. The topological polar surface area (TPSA) is 72.5 Å². The van der Waals surface area contributed by atoms with Gasteiger partial charge in [-0.05, 0) is 12.5 Å². The number of ether oxygens (including phenoxy) is 1. The first-order chi connectivity index (χ1) is 8.35. The highest BCUT2D eigenvalue weighted by Crippen LogP contribution is 2.26. The SMILES string of the molecule is C[C@H](O)COC(=O)C(N)C(C)(C)c1ccccc1. The number of esters is 1. The number of hydrogen-bond donors (Lipinski definition) is 2. The fourth-order valence-corrected chi connectivity index (χ4v) is 1.63. The highest BCUT2D eigenvalue weighted by molar-refractivity contribution is 5.77. The van der Waals surface area contributed by atoms with Gasteiger partial charge in [-0.2, -0.15) is 0 Å². The molecular weight excluding hydrogens is 230 g/mol. The number of carbonyl (C=O) groups is 1. The molecule has 0 aliphatic rings. The third kappa shape index (κ3) is 3.55. The van der Waals surface area contributed by atoms with Gasteiger partial charge in [-0.15, -0.1) is 0 Å². The summed E-state index contributed by atoms with van der Waals surface area (Å²) in [4.78, 5) is 11.8. The zero-order valence-electron chi connectivity index (χ0n) is 11.1. The number of hydrogen-bond acceptors (Lipinski definition) is 4. The third-order valence-electron chi connectivity index (χ3n) is 3.02. The van der Waals surface area contributed by atoms with E-state index >= 15 is 0 Å². The lowest BCUT2D eigenvalue weighted by molar-refractivity contribution is -0.149. The van der Waals surface area contributed by atoms with Crippen molar-refractivity contribution in [2.75, 3.05) is 6.61 Å². The van der Waals surface area contributed by atoms with Crippen molar-refractivity contribution >= 4 is 5.97 Å². The summed E-state index contributed by atoms with van der Waals surface area (Å²) >= 11 is 0. The molecule has 0 amide bonds. The molecule has 0 aliphatic carbocycles. The first-order valence-corrected chi connectivity index (χ1v) is 6.01. The van der Waals surface area contributed by atoms with Crippen LogP contribution in [-0.2, 0) is 14.9 Å². The molecule has 100 valence electrons. The molecule has 0 saturated heterocycles. The van der Waals surface area contributed by atoms with Gasteiger partial charge < -0.3 is 15.6 Å². The maximum absolute atomic E-state index is 11.8. The van der Waals surface area contributed by atoms with Crippen LogP contribution in [0, 0.1) is 0 Å². The van der Waals surface area contributed by atoms with E-state index in [1.165, 1.54) is 0 Å². The Labute approximate surface area is 108 Å². The molecule has 2 atom stereocenters. The number of carbonyl (C=O) groups excluding carboxylic acids is 1. The molecule has 1 aromatic carbocycles. The van der Waals surface area contributed by atoms with Gasteiger partial charge >= 0.3 is 5.97 Å². The minimum absolute atomic E-state index is 0.0304. The minimum atomic E-state index is -0.765. The zero-order chi connectivity index (χ0) is 13.8. The fourth-order valence-electron chi connectivity index (χ4n) is 1.63. The predicted molar refractivity (Wildman–Crippen MR) is 70.1 cm³/mol. The van der Waals surface area contributed by atoms with Gasteiger partial charge in [0.1, 0.15) is 12.6 Å². The summed E-state index contributed by atoms with van der Waals surface area (Å²) < 4.78 is 4.96. The van der Waals surface area contributed by atoms with Crippen LogP contribution < -0.4 is 5.73 Å². The average molecular weight is 251 g/mol. The molecule has 0 heterocycles. The number of aliphatic hydroxyl groups excluding tert-OH is 1. The molecule has 0 aliphatic heterocycles. The maximum Gasteiger partial charge on any atom is 0.323 e. The Morgan fingerprint density at radius 3 is 2.44 bits per heavy atom. The summed E-state index contributed by atoms with van der Waals surface area (Å²) in [6, 6.07) is 8.83. The summed E-state index contributed by atoms with van der Waals surface area (Å²) in [7, 11) is 0. The fraction of sp³-hybridized carbons (Fsp3) is 0.500. The lowest BCUT2D eigenvalue weighted by Crippen LogP contribution is -2.48. The standard InChI is InChI=1S/C14H21NO3/c1-10(16)9-18-13(17)12(15)14(2,3)11-7-5-4-6-8-11/h4-8,10,12,16H,9,15H2,1-3H3/t10-,12?/m0/s1. The van der Waals surface area contributed by atoms with Gasteiger partial charge in [0.15, 0.2) is 0 Å². The van der Waals surface area contributed by atoms with Gasteiger partial charge in [-0.3, -0.25) is 4.79 Å². The van der Waals surface area contributed by atoms with Gasteiger partial charge in [-0.1, -0.05) is 44.2 Å². The Bertz CT molecular complexity index is 387. The number of aliphatic hydroxyl groups is 1. The molecule has 3 N–H and O–H groups in total. The van der Waals surface area contributed by atoms with Crippen molar-refractivity contribution in [3.05, 3.63) is 35.9 Å². The third-order valence-corrected chi connectivity index (χ3v) is 3.02. The Morgan fingerprint density at radius 1 is 1.39 bits per heavy atom. The van der Waals surface area contributed by atoms with Crippen LogP contribution in [0.5, 0.6) is 0 Å². The van der Waals surface area contributed by atoms with Crippen LogP contribution in [0.2, 0.25) is 0 Å². The Hall–Kier alpha value is -1.39. The smallest absolute Gasteiger partial charge is 0.323 e. The van der Waals surface area contributed by atoms with Gasteiger partial charge in [0.05, 0.1) is 6.10 Å². The van der Waals surface area contributed by atoms with E-state index in [2.05, 4.69) is 0 Å². The molecule has 4 heteroatoms. The summed E-state index contributed by atoms with van der Waals surface area (Å²) in [5, 5.41) is 9.08. The van der Waals surface area contributed by atoms with Gasteiger partial charge in [0.2, 0.25) is 0 Å². The van der Waals surface area contributed by atoms with Crippen LogP contribution in [0.15, 0.2) is 30.3 Å². The quantitative estimate of drug-likeness (QED) is 0.772. The van der Waals surface area contributed by atoms with E-state index in [0.29, 0.717) is 0 Å². The monoisotopic (exact) mass is 251 g/mol. The van der Waals surface area contributed by atoms with Crippen molar-refractivity contribution in [2.24, 2.45) is 5.73 Å². The summed E-state index contributed by atoms with van der Waals surface area (Å²) in [6.07, 6.45) is -0.680. The predicted octanol–water partition coefficient (Wildman–Crippen LogP) is 1.22. The van der Waals surface area contributed by atoms with Crippen molar-refractivity contribution in [3.8, 4) is 0 Å². The maximum atomic E-state index is 11.8. The van der Waals surface area contributed by atoms with Crippen molar-refractivity contribution in [1.29, 1.82) is 0 Å². The Kier molecular flexibility index (Phi) is 4.87. The molecule has 1 rings (SSSR count). The van der Waals surface area contributed by atoms with Crippen molar-refractivity contribution in [2.45, 2.75) is 38.3 Å². The second kappa shape index (κ2) is 5.98. The number of nitrogens with two attached hydrogens (primary N) is 1. The van der Waals surface area contributed by atoms with Gasteiger partial charge in [-0.25, -0.2) is 0 Å². The Balaban J connectivity index is 2.76. The molecular formula is C14H21NO3. The summed E-state index contributed by atoms with van der Waals surface area (Å²) in [5.41, 5.74) is 6.42. The van der Waals surface area contributed by atoms with Gasteiger partial charge in [0, 0.05) is 5.41 Å². The second-order valence-electron chi connectivity index (χ2n) is 5.04. The first-order valence-electron chi connectivity index (χ1n) is 6.01. The molecule has 1 aromatic rings. The molecule has 1 unspecified atom stereocenters.